The lowest BCUT2D eigenvalue weighted by Gasteiger charge is -2.28. The highest BCUT2D eigenvalue weighted by Gasteiger charge is 2.19. The van der Waals surface area contributed by atoms with Gasteiger partial charge in [0.05, 0.1) is 17.4 Å². The first-order valence-electron chi connectivity index (χ1n) is 7.74. The maximum absolute atomic E-state index is 14.1. The Morgan fingerprint density at radius 1 is 1.21 bits per heavy atom. The molecule has 3 heterocycles. The van der Waals surface area contributed by atoms with Crippen LogP contribution in [0.4, 0.5) is 10.1 Å². The first-order chi connectivity index (χ1) is 11.8. The van der Waals surface area contributed by atoms with E-state index in [9.17, 15) is 4.39 Å². The number of ether oxygens (including phenoxy) is 1. The third-order valence-electron chi connectivity index (χ3n) is 3.89. The lowest BCUT2D eigenvalue weighted by molar-refractivity contribution is 0.143. The van der Waals surface area contributed by atoms with Gasteiger partial charge < -0.3 is 15.4 Å². The Morgan fingerprint density at radius 2 is 2.08 bits per heavy atom. The first kappa shape index (κ1) is 14.8. The van der Waals surface area contributed by atoms with Gasteiger partial charge in [0.25, 0.3) is 0 Å². The molecule has 1 aliphatic rings. The number of aromatic nitrogens is 3. The Bertz CT molecular complexity index is 868. The fraction of sp³-hybridized carbons (Fsp3) is 0.235. The molecule has 122 valence electrons. The van der Waals surface area contributed by atoms with Crippen molar-refractivity contribution in [2.24, 2.45) is 0 Å². The number of anilines is 1. The number of fused-ring (bicyclic) bond motifs is 1. The average Bonchev–Trinajstić information content (AvgIpc) is 2.57. The van der Waals surface area contributed by atoms with Crippen molar-refractivity contribution in [2.75, 3.05) is 18.4 Å². The van der Waals surface area contributed by atoms with Gasteiger partial charge in [-0.05, 0) is 17.7 Å². The third-order valence-corrected chi connectivity index (χ3v) is 3.89. The molecule has 3 aromatic rings. The molecule has 1 saturated heterocycles. The Morgan fingerprint density at radius 3 is 2.92 bits per heavy atom. The first-order valence-corrected chi connectivity index (χ1v) is 7.74. The van der Waals surface area contributed by atoms with E-state index in [0.717, 1.165) is 30.1 Å². The van der Waals surface area contributed by atoms with Gasteiger partial charge in [-0.1, -0.05) is 0 Å². The molecule has 1 aliphatic heterocycles. The van der Waals surface area contributed by atoms with E-state index < -0.39 is 0 Å². The summed E-state index contributed by atoms with van der Waals surface area (Å²) >= 11 is 0. The molecule has 0 amide bonds. The molecule has 4 rings (SSSR count). The third kappa shape index (κ3) is 2.98. The van der Waals surface area contributed by atoms with Gasteiger partial charge in [0, 0.05) is 44.3 Å². The Hall–Kier alpha value is -2.80. The SMILES string of the molecule is Fc1cc(CNc2cnccc2OC2CNC2)cc2nccnc12. The zero-order valence-corrected chi connectivity index (χ0v) is 12.9. The lowest BCUT2D eigenvalue weighted by atomic mass is 10.1. The van der Waals surface area contributed by atoms with Gasteiger partial charge in [-0.2, -0.15) is 0 Å². The molecule has 0 spiro atoms. The molecule has 7 heteroatoms. The fourth-order valence-corrected chi connectivity index (χ4v) is 2.53. The van der Waals surface area contributed by atoms with E-state index in [-0.39, 0.29) is 17.4 Å². The van der Waals surface area contributed by atoms with Crippen LogP contribution in [0.5, 0.6) is 5.75 Å². The number of hydrogen-bond acceptors (Lipinski definition) is 6. The molecule has 2 N–H and O–H groups in total. The van der Waals surface area contributed by atoms with Crippen LogP contribution in [0.2, 0.25) is 0 Å². The predicted molar refractivity (Wildman–Crippen MR) is 88.3 cm³/mol. The molecule has 0 atom stereocenters. The van der Waals surface area contributed by atoms with Crippen molar-refractivity contribution in [1.29, 1.82) is 0 Å². The molecule has 24 heavy (non-hydrogen) atoms. The average molecular weight is 325 g/mol. The van der Waals surface area contributed by atoms with Gasteiger partial charge in [0.1, 0.15) is 17.4 Å². The maximum atomic E-state index is 14.1. The summed E-state index contributed by atoms with van der Waals surface area (Å²) in [5.41, 5.74) is 2.38. The van der Waals surface area contributed by atoms with Crippen molar-refractivity contribution < 1.29 is 9.13 Å². The summed E-state index contributed by atoms with van der Waals surface area (Å²) in [5.74, 6) is 0.373. The number of nitrogens with zero attached hydrogens (tertiary/aromatic N) is 3. The monoisotopic (exact) mass is 325 g/mol. The van der Waals surface area contributed by atoms with Crippen LogP contribution in [0.1, 0.15) is 5.56 Å². The summed E-state index contributed by atoms with van der Waals surface area (Å²) < 4.78 is 20.0. The normalized spacial score (nSPS) is 14.4. The summed E-state index contributed by atoms with van der Waals surface area (Å²) in [6.07, 6.45) is 6.62. The van der Waals surface area contributed by atoms with Crippen molar-refractivity contribution in [3.63, 3.8) is 0 Å². The van der Waals surface area contributed by atoms with Gasteiger partial charge in [-0.3, -0.25) is 9.97 Å². The Kier molecular flexibility index (Phi) is 3.92. The number of halogens is 1. The van der Waals surface area contributed by atoms with Crippen molar-refractivity contribution in [1.82, 2.24) is 20.3 Å². The second-order valence-electron chi connectivity index (χ2n) is 5.63. The van der Waals surface area contributed by atoms with Crippen molar-refractivity contribution in [3.8, 4) is 5.75 Å². The maximum Gasteiger partial charge on any atom is 0.151 e. The van der Waals surface area contributed by atoms with Crippen LogP contribution in [0.3, 0.4) is 0 Å². The molecule has 1 fully saturated rings. The van der Waals surface area contributed by atoms with Crippen molar-refractivity contribution in [3.05, 3.63) is 54.4 Å². The molecule has 0 radical (unpaired) electrons. The highest BCUT2D eigenvalue weighted by molar-refractivity contribution is 5.75. The molecular formula is C17H16FN5O. The zero-order valence-electron chi connectivity index (χ0n) is 12.9. The molecule has 0 bridgehead atoms. The van der Waals surface area contributed by atoms with E-state index >= 15 is 0 Å². The Balaban J connectivity index is 1.52. The molecule has 2 aromatic heterocycles. The van der Waals surface area contributed by atoms with Crippen LogP contribution in [0, 0.1) is 5.82 Å². The summed E-state index contributed by atoms with van der Waals surface area (Å²) in [4.78, 5) is 12.3. The van der Waals surface area contributed by atoms with Gasteiger partial charge in [0.15, 0.2) is 5.82 Å². The summed E-state index contributed by atoms with van der Waals surface area (Å²) in [6.45, 7) is 2.13. The van der Waals surface area contributed by atoms with Gasteiger partial charge in [0.2, 0.25) is 0 Å². The molecule has 6 nitrogen and oxygen atoms in total. The second kappa shape index (κ2) is 6.37. The smallest absolute Gasteiger partial charge is 0.151 e. The summed E-state index contributed by atoms with van der Waals surface area (Å²) in [6, 6.07) is 5.12. The standard InChI is InChI=1S/C17H16FN5O/c18-13-5-11(6-14-17(13)22-4-3-21-14)7-23-15-10-19-2-1-16(15)24-12-8-20-9-12/h1-6,10,12,20,23H,7-9H2. The minimum Gasteiger partial charge on any atom is -0.485 e. The topological polar surface area (TPSA) is 72.0 Å². The van der Waals surface area contributed by atoms with Crippen LogP contribution < -0.4 is 15.4 Å². The largest absolute Gasteiger partial charge is 0.485 e. The number of rotatable bonds is 5. The van der Waals surface area contributed by atoms with Crippen molar-refractivity contribution in [2.45, 2.75) is 12.6 Å². The van der Waals surface area contributed by atoms with Crippen LogP contribution in [-0.2, 0) is 6.54 Å². The lowest BCUT2D eigenvalue weighted by Crippen LogP contribution is -2.50. The van der Waals surface area contributed by atoms with E-state index in [4.69, 9.17) is 4.74 Å². The van der Waals surface area contributed by atoms with E-state index in [1.807, 2.05) is 12.1 Å². The number of nitrogens with one attached hydrogen (secondary N) is 2. The fourth-order valence-electron chi connectivity index (χ4n) is 2.53. The quantitative estimate of drug-likeness (QED) is 0.749. The summed E-state index contributed by atoms with van der Waals surface area (Å²) in [7, 11) is 0. The van der Waals surface area contributed by atoms with Crippen LogP contribution >= 0.6 is 0 Å². The van der Waals surface area contributed by atoms with Gasteiger partial charge in [-0.15, -0.1) is 0 Å². The number of hydrogen-bond donors (Lipinski definition) is 2. The molecule has 0 aliphatic carbocycles. The molecule has 1 aromatic carbocycles. The molecular weight excluding hydrogens is 309 g/mol. The summed E-state index contributed by atoms with van der Waals surface area (Å²) in [5, 5.41) is 6.42. The minimum atomic E-state index is -0.374. The minimum absolute atomic E-state index is 0.182. The molecule has 0 saturated carbocycles. The predicted octanol–water partition coefficient (Wildman–Crippen LogP) is 2.13. The van der Waals surface area contributed by atoms with Crippen LogP contribution in [0.25, 0.3) is 11.0 Å². The van der Waals surface area contributed by atoms with Gasteiger partial charge in [-0.25, -0.2) is 9.37 Å². The number of benzene rings is 1. The van der Waals surface area contributed by atoms with Gasteiger partial charge >= 0.3 is 0 Å². The molecule has 0 unspecified atom stereocenters. The Labute approximate surface area is 138 Å². The van der Waals surface area contributed by atoms with Crippen LogP contribution in [-0.4, -0.2) is 34.1 Å². The van der Waals surface area contributed by atoms with E-state index in [1.54, 1.807) is 18.6 Å². The highest BCUT2D eigenvalue weighted by atomic mass is 19.1. The van der Waals surface area contributed by atoms with E-state index in [0.29, 0.717) is 12.1 Å². The second-order valence-corrected chi connectivity index (χ2v) is 5.63. The van der Waals surface area contributed by atoms with E-state index in [2.05, 4.69) is 25.6 Å². The number of pyridine rings is 1. The van der Waals surface area contributed by atoms with E-state index in [1.165, 1.54) is 12.3 Å². The van der Waals surface area contributed by atoms with Crippen LogP contribution in [0.15, 0.2) is 43.0 Å². The van der Waals surface area contributed by atoms with Crippen molar-refractivity contribution >= 4 is 16.7 Å². The zero-order chi connectivity index (χ0) is 16.4. The highest BCUT2D eigenvalue weighted by Crippen LogP contribution is 2.25.